The van der Waals surface area contributed by atoms with Gasteiger partial charge in [-0.3, -0.25) is 9.52 Å². The Balaban J connectivity index is 1.53. The minimum Gasteiger partial charge on any atom is -0.326 e. The molecule has 0 bridgehead atoms. The van der Waals surface area contributed by atoms with Crippen molar-refractivity contribution in [3.63, 3.8) is 0 Å². The summed E-state index contributed by atoms with van der Waals surface area (Å²) in [5, 5.41) is 3.30. The molecule has 2 N–H and O–H groups in total. The number of carbonyl (C=O) groups excluding carboxylic acids is 1. The zero-order chi connectivity index (χ0) is 20.7. The van der Waals surface area contributed by atoms with Crippen LogP contribution in [-0.4, -0.2) is 20.1 Å². The van der Waals surface area contributed by atoms with Crippen molar-refractivity contribution in [2.45, 2.75) is 16.2 Å². The van der Waals surface area contributed by atoms with E-state index >= 15 is 0 Å². The Bertz CT molecular complexity index is 1060. The zero-order valence-corrected chi connectivity index (χ0v) is 17.7. The lowest BCUT2D eigenvalue weighted by Crippen LogP contribution is -2.14. The van der Waals surface area contributed by atoms with Gasteiger partial charge in [-0.05, 0) is 60.7 Å². The molecule has 3 rings (SSSR count). The molecule has 5 nitrogen and oxygen atoms in total. The molecule has 0 fully saturated rings. The zero-order valence-electron chi connectivity index (χ0n) is 15.3. The number of thioether (sulfide) groups is 1. The van der Waals surface area contributed by atoms with Crippen molar-refractivity contribution in [3.8, 4) is 0 Å². The lowest BCUT2D eigenvalue weighted by molar-refractivity contribution is -0.115. The maximum Gasteiger partial charge on any atom is 0.261 e. The van der Waals surface area contributed by atoms with Gasteiger partial charge in [0.15, 0.2) is 0 Å². The van der Waals surface area contributed by atoms with Gasteiger partial charge in [0.05, 0.1) is 4.90 Å². The van der Waals surface area contributed by atoms with Gasteiger partial charge >= 0.3 is 0 Å². The van der Waals surface area contributed by atoms with Crippen molar-refractivity contribution in [1.82, 2.24) is 0 Å². The molecule has 3 aromatic carbocycles. The molecule has 29 heavy (non-hydrogen) atoms. The van der Waals surface area contributed by atoms with Crippen LogP contribution in [0.25, 0.3) is 0 Å². The molecule has 0 aromatic heterocycles. The van der Waals surface area contributed by atoms with Crippen molar-refractivity contribution in [1.29, 1.82) is 0 Å². The molecular formula is C21H19ClN2O3S2. The van der Waals surface area contributed by atoms with Gasteiger partial charge in [0.2, 0.25) is 5.91 Å². The van der Waals surface area contributed by atoms with Gasteiger partial charge in [-0.1, -0.05) is 29.8 Å². The molecule has 0 heterocycles. The monoisotopic (exact) mass is 446 g/mol. The van der Waals surface area contributed by atoms with E-state index in [1.54, 1.807) is 48.2 Å². The van der Waals surface area contributed by atoms with Crippen LogP contribution in [-0.2, 0) is 14.8 Å². The largest absolute Gasteiger partial charge is 0.326 e. The predicted octanol–water partition coefficient (Wildman–Crippen LogP) is 5.26. The van der Waals surface area contributed by atoms with E-state index in [0.717, 1.165) is 4.90 Å². The summed E-state index contributed by atoms with van der Waals surface area (Å²) in [6.45, 7) is 0. The molecule has 0 atom stereocenters. The number of nitrogens with one attached hydrogen (secondary N) is 2. The highest BCUT2D eigenvalue weighted by molar-refractivity contribution is 7.99. The lowest BCUT2D eigenvalue weighted by Gasteiger charge is -2.10. The fourth-order valence-corrected chi connectivity index (χ4v) is 4.51. The second-order valence-corrected chi connectivity index (χ2v) is 9.38. The summed E-state index contributed by atoms with van der Waals surface area (Å²) in [5.74, 6) is 0.538. The Labute approximate surface area is 179 Å². The van der Waals surface area contributed by atoms with Crippen LogP contribution in [0.15, 0.2) is 88.7 Å². The molecule has 150 valence electrons. The van der Waals surface area contributed by atoms with Crippen molar-refractivity contribution in [2.75, 3.05) is 15.8 Å². The van der Waals surface area contributed by atoms with Gasteiger partial charge in [0.1, 0.15) is 0 Å². The molecule has 0 radical (unpaired) electrons. The van der Waals surface area contributed by atoms with Crippen LogP contribution in [0.3, 0.4) is 0 Å². The Hall–Kier alpha value is -2.48. The summed E-state index contributed by atoms with van der Waals surface area (Å²) in [7, 11) is -3.73. The minimum atomic E-state index is -3.73. The Morgan fingerprint density at radius 2 is 1.48 bits per heavy atom. The molecule has 0 aliphatic rings. The van der Waals surface area contributed by atoms with Crippen molar-refractivity contribution in [3.05, 3.63) is 83.9 Å². The average Bonchev–Trinajstić information content (AvgIpc) is 2.71. The van der Waals surface area contributed by atoms with Crippen LogP contribution in [0.5, 0.6) is 0 Å². The maximum absolute atomic E-state index is 12.5. The van der Waals surface area contributed by atoms with E-state index in [-0.39, 0.29) is 10.8 Å². The van der Waals surface area contributed by atoms with Crippen LogP contribution < -0.4 is 10.0 Å². The Morgan fingerprint density at radius 1 is 0.862 bits per heavy atom. The number of rotatable bonds is 8. The van der Waals surface area contributed by atoms with E-state index in [1.807, 2.05) is 30.3 Å². The van der Waals surface area contributed by atoms with Gasteiger partial charge in [-0.2, -0.15) is 0 Å². The molecule has 1 amide bonds. The number of anilines is 2. The minimum absolute atomic E-state index is 0.102. The predicted molar refractivity (Wildman–Crippen MR) is 119 cm³/mol. The normalized spacial score (nSPS) is 11.1. The molecule has 0 spiro atoms. The van der Waals surface area contributed by atoms with Crippen LogP contribution in [0.4, 0.5) is 11.4 Å². The van der Waals surface area contributed by atoms with E-state index in [4.69, 9.17) is 11.6 Å². The summed E-state index contributed by atoms with van der Waals surface area (Å²) < 4.78 is 27.4. The topological polar surface area (TPSA) is 75.3 Å². The number of amides is 1. The van der Waals surface area contributed by atoms with E-state index in [0.29, 0.717) is 28.6 Å². The first-order valence-corrected chi connectivity index (χ1v) is 11.6. The van der Waals surface area contributed by atoms with Crippen LogP contribution in [0.2, 0.25) is 5.02 Å². The molecule has 0 saturated heterocycles. The highest BCUT2D eigenvalue weighted by Crippen LogP contribution is 2.21. The fraction of sp³-hybridized carbons (Fsp3) is 0.0952. The van der Waals surface area contributed by atoms with Crippen molar-refractivity contribution >= 4 is 50.7 Å². The molecule has 0 aliphatic heterocycles. The molecular weight excluding hydrogens is 428 g/mol. The third-order valence-corrected chi connectivity index (χ3v) is 6.55. The molecule has 0 unspecified atom stereocenters. The summed E-state index contributed by atoms with van der Waals surface area (Å²) in [6.07, 6.45) is 0.359. The number of carbonyl (C=O) groups is 1. The van der Waals surface area contributed by atoms with Gasteiger partial charge in [-0.25, -0.2) is 8.42 Å². The number of halogens is 1. The molecule has 0 aliphatic carbocycles. The third-order valence-electron chi connectivity index (χ3n) is 3.89. The Morgan fingerprint density at radius 3 is 2.14 bits per heavy atom. The molecule has 8 heteroatoms. The smallest absolute Gasteiger partial charge is 0.261 e. The number of sulfonamides is 1. The van der Waals surface area contributed by atoms with Gasteiger partial charge in [-0.15, -0.1) is 11.8 Å². The Kier molecular flexibility index (Phi) is 7.19. The number of benzene rings is 3. The van der Waals surface area contributed by atoms with E-state index < -0.39 is 10.0 Å². The number of hydrogen-bond acceptors (Lipinski definition) is 4. The summed E-state index contributed by atoms with van der Waals surface area (Å²) >= 11 is 7.42. The van der Waals surface area contributed by atoms with Gasteiger partial charge in [0.25, 0.3) is 10.0 Å². The maximum atomic E-state index is 12.5. The molecule has 0 saturated carbocycles. The highest BCUT2D eigenvalue weighted by Gasteiger charge is 2.14. The van der Waals surface area contributed by atoms with Crippen molar-refractivity contribution in [2.24, 2.45) is 0 Å². The third kappa shape index (κ3) is 6.52. The second-order valence-electron chi connectivity index (χ2n) is 6.10. The van der Waals surface area contributed by atoms with Crippen molar-refractivity contribution < 1.29 is 13.2 Å². The standard InChI is InChI=1S/C21H19ClN2O3S2/c22-16-6-8-18(9-7-16)24-29(26,27)20-12-10-17(11-13-20)23-21(25)14-15-28-19-4-2-1-3-5-19/h1-13,24H,14-15H2,(H,23,25). The summed E-state index contributed by atoms with van der Waals surface area (Å²) in [4.78, 5) is 13.3. The first kappa shape index (κ1) is 21.2. The highest BCUT2D eigenvalue weighted by atomic mass is 35.5. The lowest BCUT2D eigenvalue weighted by atomic mass is 10.3. The summed E-state index contributed by atoms with van der Waals surface area (Å²) in [6, 6.07) is 22.3. The first-order valence-electron chi connectivity index (χ1n) is 8.78. The number of hydrogen-bond donors (Lipinski definition) is 2. The first-order chi connectivity index (χ1) is 13.9. The van der Waals surface area contributed by atoms with Crippen LogP contribution >= 0.6 is 23.4 Å². The summed E-state index contributed by atoms with van der Waals surface area (Å²) in [5.41, 5.74) is 0.966. The fourth-order valence-electron chi connectivity index (χ4n) is 2.45. The van der Waals surface area contributed by atoms with E-state index in [9.17, 15) is 13.2 Å². The van der Waals surface area contributed by atoms with E-state index in [1.165, 1.54) is 12.1 Å². The molecule has 3 aromatic rings. The van der Waals surface area contributed by atoms with Gasteiger partial charge in [0, 0.05) is 33.5 Å². The van der Waals surface area contributed by atoms with Crippen LogP contribution in [0.1, 0.15) is 6.42 Å². The quantitative estimate of drug-likeness (QED) is 0.462. The van der Waals surface area contributed by atoms with E-state index in [2.05, 4.69) is 10.0 Å². The second kappa shape index (κ2) is 9.82. The average molecular weight is 447 g/mol. The van der Waals surface area contributed by atoms with Gasteiger partial charge < -0.3 is 5.32 Å². The SMILES string of the molecule is O=C(CCSc1ccccc1)Nc1ccc(S(=O)(=O)Nc2ccc(Cl)cc2)cc1. The van der Waals surface area contributed by atoms with Crippen LogP contribution in [0, 0.1) is 0 Å².